The van der Waals surface area contributed by atoms with Gasteiger partial charge < -0.3 is 10.4 Å². The summed E-state index contributed by atoms with van der Waals surface area (Å²) in [4.78, 5) is 16.9. The zero-order chi connectivity index (χ0) is 17.7. The van der Waals surface area contributed by atoms with Gasteiger partial charge in [-0.25, -0.2) is 4.68 Å². The SMILES string of the molecule is CC[C@H]1CN(CC(=O)Nc2ccnn2C(C)C)CCN1C[C@H](C)O. The van der Waals surface area contributed by atoms with E-state index in [1.165, 1.54) is 0 Å². The minimum Gasteiger partial charge on any atom is -0.392 e. The number of hydrogen-bond donors (Lipinski definition) is 2. The molecular weight excluding hydrogens is 306 g/mol. The Morgan fingerprint density at radius 2 is 2.17 bits per heavy atom. The molecule has 0 bridgehead atoms. The molecule has 0 unspecified atom stereocenters. The average molecular weight is 337 g/mol. The number of hydrogen-bond acceptors (Lipinski definition) is 5. The number of nitrogens with zero attached hydrogens (tertiary/aromatic N) is 4. The third-order valence-electron chi connectivity index (χ3n) is 4.45. The first kappa shape index (κ1) is 18.9. The van der Waals surface area contributed by atoms with Crippen LogP contribution in [0, 0.1) is 0 Å². The van der Waals surface area contributed by atoms with E-state index in [0.29, 0.717) is 19.1 Å². The lowest BCUT2D eigenvalue weighted by Crippen LogP contribution is -2.55. The van der Waals surface area contributed by atoms with E-state index < -0.39 is 0 Å². The van der Waals surface area contributed by atoms with Crippen LogP contribution in [0.5, 0.6) is 0 Å². The molecule has 1 aromatic heterocycles. The van der Waals surface area contributed by atoms with Crippen LogP contribution >= 0.6 is 0 Å². The van der Waals surface area contributed by atoms with Crippen LogP contribution < -0.4 is 5.32 Å². The standard InChI is InChI=1S/C17H31N5O2/c1-5-15-11-20(8-9-21(15)10-14(4)23)12-17(24)19-16-6-7-18-22(16)13(2)3/h6-7,13-15,23H,5,8-12H2,1-4H3,(H,19,24)/t14-,15-/m0/s1. The second kappa shape index (κ2) is 8.60. The zero-order valence-electron chi connectivity index (χ0n) is 15.3. The van der Waals surface area contributed by atoms with Gasteiger partial charge in [-0.1, -0.05) is 6.92 Å². The molecule has 0 radical (unpaired) electrons. The van der Waals surface area contributed by atoms with E-state index >= 15 is 0 Å². The van der Waals surface area contributed by atoms with Gasteiger partial charge in [0.1, 0.15) is 5.82 Å². The Balaban J connectivity index is 1.87. The molecule has 7 nitrogen and oxygen atoms in total. The van der Waals surface area contributed by atoms with Crippen molar-refractivity contribution in [3.8, 4) is 0 Å². The van der Waals surface area contributed by atoms with Crippen molar-refractivity contribution in [3.63, 3.8) is 0 Å². The van der Waals surface area contributed by atoms with Gasteiger partial charge in [-0.3, -0.25) is 14.6 Å². The summed E-state index contributed by atoms with van der Waals surface area (Å²) in [5.41, 5.74) is 0. The molecule has 1 aliphatic heterocycles. The molecule has 0 aliphatic carbocycles. The van der Waals surface area contributed by atoms with Crippen molar-refractivity contribution in [2.75, 3.05) is 38.0 Å². The van der Waals surface area contributed by atoms with Crippen molar-refractivity contribution in [2.45, 2.75) is 52.3 Å². The molecule has 7 heteroatoms. The van der Waals surface area contributed by atoms with Crippen LogP contribution in [0.4, 0.5) is 5.82 Å². The Bertz CT molecular complexity index is 529. The van der Waals surface area contributed by atoms with E-state index in [-0.39, 0.29) is 18.1 Å². The molecule has 136 valence electrons. The van der Waals surface area contributed by atoms with Crippen LogP contribution in [0.2, 0.25) is 0 Å². The lowest BCUT2D eigenvalue weighted by Gasteiger charge is -2.41. The van der Waals surface area contributed by atoms with Gasteiger partial charge in [0.15, 0.2) is 0 Å². The minimum atomic E-state index is -0.315. The Morgan fingerprint density at radius 3 is 2.79 bits per heavy atom. The van der Waals surface area contributed by atoms with Gasteiger partial charge in [0.25, 0.3) is 0 Å². The molecule has 1 fully saturated rings. The Hall–Kier alpha value is -1.44. The van der Waals surface area contributed by atoms with Gasteiger partial charge in [-0.2, -0.15) is 5.10 Å². The van der Waals surface area contributed by atoms with Crippen molar-refractivity contribution >= 4 is 11.7 Å². The largest absolute Gasteiger partial charge is 0.392 e. The fourth-order valence-electron chi connectivity index (χ4n) is 3.28. The fraction of sp³-hybridized carbons (Fsp3) is 0.765. The highest BCUT2D eigenvalue weighted by molar-refractivity contribution is 5.91. The van der Waals surface area contributed by atoms with Crippen LogP contribution in [-0.4, -0.2) is 75.5 Å². The molecule has 24 heavy (non-hydrogen) atoms. The van der Waals surface area contributed by atoms with Gasteiger partial charge in [-0.05, 0) is 27.2 Å². The van der Waals surface area contributed by atoms with Crippen LogP contribution in [0.15, 0.2) is 12.3 Å². The summed E-state index contributed by atoms with van der Waals surface area (Å²) in [7, 11) is 0. The van der Waals surface area contributed by atoms with Crippen molar-refractivity contribution in [3.05, 3.63) is 12.3 Å². The molecule has 1 saturated heterocycles. The van der Waals surface area contributed by atoms with Gasteiger partial charge >= 0.3 is 0 Å². The summed E-state index contributed by atoms with van der Waals surface area (Å²) in [6, 6.07) is 2.43. The molecule has 0 aromatic carbocycles. The second-order valence-corrected chi connectivity index (χ2v) is 6.94. The fourth-order valence-corrected chi connectivity index (χ4v) is 3.28. The molecule has 1 amide bonds. The first-order chi connectivity index (χ1) is 11.4. The molecule has 2 atom stereocenters. The number of aliphatic hydroxyl groups excluding tert-OH is 1. The number of nitrogens with one attached hydrogen (secondary N) is 1. The highest BCUT2D eigenvalue weighted by Crippen LogP contribution is 2.15. The van der Waals surface area contributed by atoms with Crippen molar-refractivity contribution < 1.29 is 9.90 Å². The molecule has 2 N–H and O–H groups in total. The third kappa shape index (κ3) is 5.03. The Labute approximate surface area is 144 Å². The van der Waals surface area contributed by atoms with Crippen LogP contribution in [0.3, 0.4) is 0 Å². The Kier molecular flexibility index (Phi) is 6.77. The molecule has 0 spiro atoms. The second-order valence-electron chi connectivity index (χ2n) is 6.94. The molecule has 0 saturated carbocycles. The Morgan fingerprint density at radius 1 is 1.42 bits per heavy atom. The molecule has 1 aromatic rings. The van der Waals surface area contributed by atoms with Crippen molar-refractivity contribution in [1.29, 1.82) is 0 Å². The maximum absolute atomic E-state index is 12.4. The predicted molar refractivity (Wildman–Crippen MR) is 95.0 cm³/mol. The number of aromatic nitrogens is 2. The van der Waals surface area contributed by atoms with Crippen LogP contribution in [0.25, 0.3) is 0 Å². The summed E-state index contributed by atoms with van der Waals surface area (Å²) >= 11 is 0. The van der Waals surface area contributed by atoms with Gasteiger partial charge in [0.2, 0.25) is 5.91 Å². The number of β-amino-alcohol motifs (C(OH)–C–C–N with tert-alkyl or cyclic N) is 1. The quantitative estimate of drug-likeness (QED) is 0.782. The number of carbonyl (C=O) groups is 1. The van der Waals surface area contributed by atoms with E-state index in [1.807, 2.05) is 31.5 Å². The first-order valence-electron chi connectivity index (χ1n) is 8.88. The number of rotatable bonds is 7. The number of piperazine rings is 1. The van der Waals surface area contributed by atoms with E-state index in [4.69, 9.17) is 0 Å². The molecule has 2 heterocycles. The van der Waals surface area contributed by atoms with Crippen LogP contribution in [0.1, 0.15) is 40.2 Å². The van der Waals surface area contributed by atoms with Gasteiger partial charge in [0.05, 0.1) is 18.8 Å². The summed E-state index contributed by atoms with van der Waals surface area (Å²) < 4.78 is 1.81. The number of anilines is 1. The van der Waals surface area contributed by atoms with Crippen molar-refractivity contribution in [2.24, 2.45) is 0 Å². The van der Waals surface area contributed by atoms with E-state index in [0.717, 1.165) is 31.9 Å². The summed E-state index contributed by atoms with van der Waals surface area (Å²) in [6.45, 7) is 11.7. The molecule has 2 rings (SSSR count). The number of aliphatic hydroxyl groups is 1. The monoisotopic (exact) mass is 337 g/mol. The first-order valence-corrected chi connectivity index (χ1v) is 8.88. The zero-order valence-corrected chi connectivity index (χ0v) is 15.3. The molecule has 1 aliphatic rings. The highest BCUT2D eigenvalue weighted by atomic mass is 16.3. The van der Waals surface area contributed by atoms with E-state index in [9.17, 15) is 9.90 Å². The highest BCUT2D eigenvalue weighted by Gasteiger charge is 2.27. The van der Waals surface area contributed by atoms with Gasteiger partial charge in [-0.15, -0.1) is 0 Å². The number of carbonyl (C=O) groups excluding carboxylic acids is 1. The average Bonchev–Trinajstić information content (AvgIpc) is 2.96. The van der Waals surface area contributed by atoms with Crippen LogP contribution in [-0.2, 0) is 4.79 Å². The predicted octanol–water partition coefficient (Wildman–Crippen LogP) is 1.18. The summed E-state index contributed by atoms with van der Waals surface area (Å²) in [5.74, 6) is 0.742. The van der Waals surface area contributed by atoms with E-state index in [1.54, 1.807) is 6.20 Å². The maximum atomic E-state index is 12.4. The molecular formula is C17H31N5O2. The summed E-state index contributed by atoms with van der Waals surface area (Å²) in [6.07, 6.45) is 2.41. The smallest absolute Gasteiger partial charge is 0.239 e. The number of amides is 1. The summed E-state index contributed by atoms with van der Waals surface area (Å²) in [5, 5.41) is 16.8. The topological polar surface area (TPSA) is 73.6 Å². The third-order valence-corrected chi connectivity index (χ3v) is 4.45. The van der Waals surface area contributed by atoms with Crippen molar-refractivity contribution in [1.82, 2.24) is 19.6 Å². The lowest BCUT2D eigenvalue weighted by molar-refractivity contribution is -0.118. The van der Waals surface area contributed by atoms with Gasteiger partial charge in [0, 0.05) is 44.3 Å². The van der Waals surface area contributed by atoms with E-state index in [2.05, 4.69) is 27.1 Å². The maximum Gasteiger partial charge on any atom is 0.239 e. The minimum absolute atomic E-state index is 0.00349. The normalized spacial score (nSPS) is 21.2. The lowest BCUT2D eigenvalue weighted by atomic mass is 10.1.